The zero-order valence-electron chi connectivity index (χ0n) is 13.9. The number of aromatic nitrogens is 1. The summed E-state index contributed by atoms with van der Waals surface area (Å²) in [6.07, 6.45) is 2.03. The average Bonchev–Trinajstić information content (AvgIpc) is 2.98. The molecule has 2 aliphatic carbocycles. The van der Waals surface area contributed by atoms with E-state index in [0.29, 0.717) is 5.56 Å². The molecule has 0 N–H and O–H groups in total. The molecule has 0 unspecified atom stereocenters. The molecule has 1 aromatic carbocycles. The summed E-state index contributed by atoms with van der Waals surface area (Å²) in [4.78, 5) is 12.5. The van der Waals surface area contributed by atoms with Crippen molar-refractivity contribution in [2.75, 3.05) is 7.11 Å². The number of halogens is 1. The molecule has 0 radical (unpaired) electrons. The Morgan fingerprint density at radius 1 is 1.00 bits per heavy atom. The summed E-state index contributed by atoms with van der Waals surface area (Å²) >= 11 is 3.47. The largest absolute Gasteiger partial charge is 0.465 e. The van der Waals surface area contributed by atoms with Gasteiger partial charge in [0.2, 0.25) is 0 Å². The van der Waals surface area contributed by atoms with Crippen LogP contribution in [-0.4, -0.2) is 17.6 Å². The van der Waals surface area contributed by atoms with Crippen molar-refractivity contribution in [1.82, 2.24) is 4.57 Å². The topological polar surface area (TPSA) is 31.2 Å². The number of nitrogens with zero attached hydrogens (tertiary/aromatic N) is 1. The Morgan fingerprint density at radius 3 is 2.36 bits per heavy atom. The summed E-state index contributed by atoms with van der Waals surface area (Å²) < 4.78 is 8.21. The fourth-order valence-electron chi connectivity index (χ4n) is 3.46. The SMILES string of the molecule is COC(=O)c1c2cccccc-2c2c(C)n(-c3ccc(Br)cc3)cc12. The molecule has 0 fully saturated rings. The first-order valence-electron chi connectivity index (χ1n) is 7.98. The van der Waals surface area contributed by atoms with Crippen LogP contribution in [0, 0.1) is 6.92 Å². The molecule has 3 nitrogen and oxygen atoms in total. The third-order valence-electron chi connectivity index (χ3n) is 4.59. The highest BCUT2D eigenvalue weighted by atomic mass is 79.9. The number of rotatable bonds is 2. The molecule has 0 aliphatic heterocycles. The van der Waals surface area contributed by atoms with E-state index in [9.17, 15) is 4.79 Å². The van der Waals surface area contributed by atoms with Gasteiger partial charge in [0.15, 0.2) is 0 Å². The van der Waals surface area contributed by atoms with Crippen molar-refractivity contribution in [1.29, 1.82) is 0 Å². The molecule has 1 heterocycles. The van der Waals surface area contributed by atoms with Crippen LogP contribution in [0.25, 0.3) is 27.6 Å². The van der Waals surface area contributed by atoms with Crippen LogP contribution >= 0.6 is 15.9 Å². The molecular formula is C21H16BrNO2. The minimum Gasteiger partial charge on any atom is -0.465 e. The van der Waals surface area contributed by atoms with E-state index in [2.05, 4.69) is 45.6 Å². The van der Waals surface area contributed by atoms with Crippen LogP contribution in [0.5, 0.6) is 0 Å². The monoisotopic (exact) mass is 393 g/mol. The molecule has 0 saturated heterocycles. The third kappa shape index (κ3) is 2.45. The summed E-state index contributed by atoms with van der Waals surface area (Å²) in [7, 11) is 1.43. The van der Waals surface area contributed by atoms with Crippen LogP contribution in [-0.2, 0) is 4.74 Å². The van der Waals surface area contributed by atoms with E-state index >= 15 is 0 Å². The van der Waals surface area contributed by atoms with Crippen molar-refractivity contribution in [2.45, 2.75) is 6.92 Å². The zero-order chi connectivity index (χ0) is 17.6. The maximum Gasteiger partial charge on any atom is 0.339 e. The second kappa shape index (κ2) is 6.05. The molecule has 124 valence electrons. The van der Waals surface area contributed by atoms with Crippen molar-refractivity contribution >= 4 is 32.7 Å². The molecule has 2 aromatic rings. The van der Waals surface area contributed by atoms with Crippen LogP contribution < -0.4 is 0 Å². The first-order chi connectivity index (χ1) is 12.1. The Bertz CT molecular complexity index is 1060. The number of hydrogen-bond acceptors (Lipinski definition) is 2. The van der Waals surface area contributed by atoms with Gasteiger partial charge in [-0.05, 0) is 42.3 Å². The summed E-state index contributed by atoms with van der Waals surface area (Å²) in [5.41, 5.74) is 4.77. The maximum absolute atomic E-state index is 12.5. The molecule has 1 aromatic heterocycles. The first-order valence-corrected chi connectivity index (χ1v) is 8.77. The predicted octanol–water partition coefficient (Wildman–Crippen LogP) is 5.59. The minimum atomic E-state index is -0.306. The second-order valence-corrected chi connectivity index (χ2v) is 6.87. The fraction of sp³-hybridized carbons (Fsp3) is 0.0952. The highest BCUT2D eigenvalue weighted by Gasteiger charge is 2.26. The second-order valence-electron chi connectivity index (χ2n) is 5.95. The van der Waals surface area contributed by atoms with Gasteiger partial charge in [-0.2, -0.15) is 0 Å². The zero-order valence-corrected chi connectivity index (χ0v) is 15.5. The molecule has 0 atom stereocenters. The van der Waals surface area contributed by atoms with E-state index in [1.807, 2.05) is 42.6 Å². The quantitative estimate of drug-likeness (QED) is 0.415. The van der Waals surface area contributed by atoms with Crippen molar-refractivity contribution in [3.05, 3.63) is 76.5 Å². The average molecular weight is 394 g/mol. The molecule has 0 saturated carbocycles. The smallest absolute Gasteiger partial charge is 0.339 e. The molecule has 0 spiro atoms. The number of aryl methyl sites for hydroxylation is 1. The number of benzene rings is 1. The normalized spacial score (nSPS) is 11.2. The van der Waals surface area contributed by atoms with Gasteiger partial charge in [0.1, 0.15) is 0 Å². The third-order valence-corrected chi connectivity index (χ3v) is 5.12. The van der Waals surface area contributed by atoms with Gasteiger partial charge in [0, 0.05) is 32.8 Å². The van der Waals surface area contributed by atoms with Gasteiger partial charge in [-0.15, -0.1) is 0 Å². The molecule has 0 amide bonds. The van der Waals surface area contributed by atoms with Crippen molar-refractivity contribution in [3.63, 3.8) is 0 Å². The lowest BCUT2D eigenvalue weighted by atomic mass is 10.1. The summed E-state index contributed by atoms with van der Waals surface area (Å²) in [6.45, 7) is 2.08. The molecule has 4 heteroatoms. The van der Waals surface area contributed by atoms with Gasteiger partial charge in [0.25, 0.3) is 0 Å². The van der Waals surface area contributed by atoms with E-state index in [0.717, 1.165) is 37.8 Å². The van der Waals surface area contributed by atoms with Gasteiger partial charge in [0.05, 0.1) is 12.7 Å². The van der Waals surface area contributed by atoms with Crippen LogP contribution in [0.3, 0.4) is 0 Å². The highest BCUT2D eigenvalue weighted by Crippen LogP contribution is 2.42. The van der Waals surface area contributed by atoms with Gasteiger partial charge in [-0.25, -0.2) is 4.79 Å². The predicted molar refractivity (Wildman–Crippen MR) is 104 cm³/mol. The van der Waals surface area contributed by atoms with Crippen LogP contribution in [0.2, 0.25) is 0 Å². The van der Waals surface area contributed by atoms with E-state index in [1.54, 1.807) is 0 Å². The molecule has 25 heavy (non-hydrogen) atoms. The Hall–Kier alpha value is -2.59. The number of hydrogen-bond donors (Lipinski definition) is 0. The van der Waals surface area contributed by atoms with E-state index < -0.39 is 0 Å². The summed E-state index contributed by atoms with van der Waals surface area (Å²) in [5, 5.41) is 2.02. The Kier molecular flexibility index (Phi) is 3.85. The van der Waals surface area contributed by atoms with E-state index in [4.69, 9.17) is 4.74 Å². The van der Waals surface area contributed by atoms with Crippen molar-refractivity contribution < 1.29 is 9.53 Å². The number of ether oxygens (including phenoxy) is 1. The number of carbonyl (C=O) groups is 1. The first kappa shape index (κ1) is 15.9. The van der Waals surface area contributed by atoms with Crippen molar-refractivity contribution in [3.8, 4) is 16.8 Å². The Morgan fingerprint density at radius 2 is 1.68 bits per heavy atom. The van der Waals surface area contributed by atoms with Gasteiger partial charge in [-0.3, -0.25) is 0 Å². The Labute approximate surface area is 154 Å². The van der Waals surface area contributed by atoms with Crippen LogP contribution in [0.4, 0.5) is 0 Å². The number of methoxy groups -OCH3 is 1. The highest BCUT2D eigenvalue weighted by molar-refractivity contribution is 9.10. The van der Waals surface area contributed by atoms with Crippen LogP contribution in [0.1, 0.15) is 16.1 Å². The van der Waals surface area contributed by atoms with E-state index in [1.165, 1.54) is 7.11 Å². The molecule has 2 aliphatic rings. The summed E-state index contributed by atoms with van der Waals surface area (Å²) in [5.74, 6) is -0.306. The molecular weight excluding hydrogens is 378 g/mol. The minimum absolute atomic E-state index is 0.306. The Balaban J connectivity index is 2.09. The number of esters is 1. The number of fused-ring (bicyclic) bond motifs is 3. The standard InChI is InChI=1S/C21H16BrNO2/c1-13-19-16-6-4-3-5-7-17(16)20(21(24)25-2)18(19)12-23(13)15-10-8-14(22)9-11-15/h3-12H,1-2H3. The van der Waals surface area contributed by atoms with Crippen LogP contribution in [0.15, 0.2) is 65.3 Å². The maximum atomic E-state index is 12.5. The van der Waals surface area contributed by atoms with Gasteiger partial charge < -0.3 is 9.30 Å². The van der Waals surface area contributed by atoms with E-state index in [-0.39, 0.29) is 5.97 Å². The fourth-order valence-corrected chi connectivity index (χ4v) is 3.72. The van der Waals surface area contributed by atoms with Gasteiger partial charge >= 0.3 is 5.97 Å². The summed E-state index contributed by atoms with van der Waals surface area (Å²) in [6, 6.07) is 18.1. The molecule has 4 rings (SSSR count). The molecule has 0 bridgehead atoms. The van der Waals surface area contributed by atoms with Gasteiger partial charge in [-0.1, -0.05) is 46.3 Å². The lowest BCUT2D eigenvalue weighted by Crippen LogP contribution is -2.01. The number of carbonyl (C=O) groups excluding carboxylic acids is 1. The van der Waals surface area contributed by atoms with Crippen molar-refractivity contribution in [2.24, 2.45) is 0 Å². The lowest BCUT2D eigenvalue weighted by Gasteiger charge is -2.08. The lowest BCUT2D eigenvalue weighted by molar-refractivity contribution is 0.0604.